The molecule has 0 saturated heterocycles. The smallest absolute Gasteiger partial charge is 0.235 e. The number of alkyl halides is 3. The normalized spacial score (nSPS) is 11.8. The maximum absolute atomic E-state index is 12.3. The topological polar surface area (TPSA) is 43.6 Å². The lowest BCUT2D eigenvalue weighted by Gasteiger charge is -2.08. The van der Waals surface area contributed by atoms with E-state index in [4.69, 9.17) is 11.6 Å². The summed E-state index contributed by atoms with van der Waals surface area (Å²) >= 11 is 5.66. The first-order valence-electron chi connectivity index (χ1n) is 3.99. The van der Waals surface area contributed by atoms with Gasteiger partial charge in [0, 0.05) is 6.20 Å². The highest BCUT2D eigenvalue weighted by atomic mass is 35.5. The third-order valence-electron chi connectivity index (χ3n) is 1.74. The molecular formula is C8H3ClF3N4. The molecule has 0 N–H and O–H groups in total. The number of hydrogen-bond donors (Lipinski definition) is 0. The van der Waals surface area contributed by atoms with Gasteiger partial charge in [-0.1, -0.05) is 11.6 Å². The number of aromatic nitrogens is 4. The molecule has 2 aromatic rings. The number of pyridine rings is 1. The molecule has 1 radical (unpaired) electrons. The molecule has 2 rings (SSSR count). The fourth-order valence-corrected chi connectivity index (χ4v) is 1.29. The molecule has 0 saturated carbocycles. The molecule has 0 bridgehead atoms. The van der Waals surface area contributed by atoms with E-state index in [0.717, 1.165) is 10.7 Å². The monoisotopic (exact) mass is 247 g/mol. The van der Waals surface area contributed by atoms with Crippen LogP contribution in [0.25, 0.3) is 5.82 Å². The molecule has 0 aliphatic heterocycles. The van der Waals surface area contributed by atoms with Gasteiger partial charge in [0.05, 0.1) is 10.6 Å². The molecule has 8 heteroatoms. The van der Waals surface area contributed by atoms with Gasteiger partial charge in [-0.05, 0) is 6.07 Å². The Kier molecular flexibility index (Phi) is 2.55. The summed E-state index contributed by atoms with van der Waals surface area (Å²) in [4.78, 5) is 7.09. The molecule has 4 nitrogen and oxygen atoms in total. The largest absolute Gasteiger partial charge is 0.417 e. The average molecular weight is 248 g/mol. The summed E-state index contributed by atoms with van der Waals surface area (Å²) in [6.07, 6.45) is -0.305. The molecule has 0 unspecified atom stereocenters. The lowest BCUT2D eigenvalue weighted by molar-refractivity contribution is -0.137. The van der Waals surface area contributed by atoms with Crippen LogP contribution >= 0.6 is 11.6 Å². The first-order chi connectivity index (χ1) is 7.48. The van der Waals surface area contributed by atoms with E-state index in [1.807, 2.05) is 0 Å². The third kappa shape index (κ3) is 1.99. The summed E-state index contributed by atoms with van der Waals surface area (Å²) in [5.74, 6) is 0.0726. The second-order valence-corrected chi connectivity index (χ2v) is 3.22. The predicted octanol–water partition coefficient (Wildman–Crippen LogP) is 2.13. The maximum Gasteiger partial charge on any atom is 0.417 e. The summed E-state index contributed by atoms with van der Waals surface area (Å²) < 4.78 is 38.0. The van der Waals surface area contributed by atoms with Crippen LogP contribution in [0.4, 0.5) is 13.2 Å². The second-order valence-electron chi connectivity index (χ2n) is 2.82. The van der Waals surface area contributed by atoms with E-state index in [-0.39, 0.29) is 10.8 Å². The zero-order chi connectivity index (χ0) is 11.8. The van der Waals surface area contributed by atoms with Crippen molar-refractivity contribution in [2.45, 2.75) is 6.18 Å². The van der Waals surface area contributed by atoms with Gasteiger partial charge in [-0.15, -0.1) is 5.10 Å². The molecule has 0 fully saturated rings. The van der Waals surface area contributed by atoms with Crippen molar-refractivity contribution in [2.24, 2.45) is 0 Å². The van der Waals surface area contributed by atoms with Crippen LogP contribution < -0.4 is 0 Å². The molecule has 0 aromatic carbocycles. The van der Waals surface area contributed by atoms with E-state index in [9.17, 15) is 13.2 Å². The molecular weight excluding hydrogens is 245 g/mol. The van der Waals surface area contributed by atoms with E-state index in [2.05, 4.69) is 21.4 Å². The fourth-order valence-electron chi connectivity index (χ4n) is 1.04. The summed E-state index contributed by atoms with van der Waals surface area (Å²) in [5, 5.41) is 3.43. The van der Waals surface area contributed by atoms with Crippen molar-refractivity contribution >= 4 is 11.6 Å². The predicted molar refractivity (Wildman–Crippen MR) is 48.0 cm³/mol. The van der Waals surface area contributed by atoms with Gasteiger partial charge in [0.1, 0.15) is 6.33 Å². The van der Waals surface area contributed by atoms with Crippen LogP contribution in [0.5, 0.6) is 0 Å². The van der Waals surface area contributed by atoms with E-state index >= 15 is 0 Å². The Labute approximate surface area is 92.7 Å². The van der Waals surface area contributed by atoms with Crippen LogP contribution in [0.3, 0.4) is 0 Å². The van der Waals surface area contributed by atoms with Crippen molar-refractivity contribution in [1.82, 2.24) is 19.7 Å². The van der Waals surface area contributed by atoms with Crippen molar-refractivity contribution in [1.29, 1.82) is 0 Å². The molecule has 0 atom stereocenters. The van der Waals surface area contributed by atoms with Gasteiger partial charge in [-0.25, -0.2) is 14.6 Å². The Morgan fingerprint density at radius 3 is 2.62 bits per heavy atom. The molecule has 2 aromatic heterocycles. The lowest BCUT2D eigenvalue weighted by Crippen LogP contribution is -2.07. The van der Waals surface area contributed by atoms with Gasteiger partial charge in [0.15, 0.2) is 5.82 Å². The van der Waals surface area contributed by atoms with Crippen LogP contribution in [-0.4, -0.2) is 19.7 Å². The Hall–Kier alpha value is -1.63. The van der Waals surface area contributed by atoms with Crippen LogP contribution in [0, 0.1) is 6.33 Å². The van der Waals surface area contributed by atoms with E-state index < -0.39 is 11.7 Å². The van der Waals surface area contributed by atoms with Crippen molar-refractivity contribution in [3.63, 3.8) is 0 Å². The highest BCUT2D eigenvalue weighted by Crippen LogP contribution is 2.31. The minimum absolute atomic E-state index is 0.0726. The Morgan fingerprint density at radius 1 is 1.38 bits per heavy atom. The van der Waals surface area contributed by atoms with Gasteiger partial charge in [0.25, 0.3) is 0 Å². The number of rotatable bonds is 1. The van der Waals surface area contributed by atoms with Crippen molar-refractivity contribution < 1.29 is 13.2 Å². The Morgan fingerprint density at radius 2 is 2.12 bits per heavy atom. The first kappa shape index (κ1) is 10.9. The standard InChI is InChI=1S/C8H3ClF3N4/c9-6-1-5(8(10,11)12)2-14-7(6)16-4-13-3-15-16/h1-2,4H. The summed E-state index contributed by atoms with van der Waals surface area (Å²) in [6.45, 7) is 0. The zero-order valence-corrected chi connectivity index (χ0v) is 8.29. The van der Waals surface area contributed by atoms with Crippen LogP contribution in [0.1, 0.15) is 5.56 Å². The van der Waals surface area contributed by atoms with Crippen molar-refractivity contribution in [3.8, 4) is 5.82 Å². The summed E-state index contributed by atoms with van der Waals surface area (Å²) in [7, 11) is 0. The van der Waals surface area contributed by atoms with Gasteiger partial charge in [-0.3, -0.25) is 0 Å². The number of hydrogen-bond acceptors (Lipinski definition) is 3. The average Bonchev–Trinajstić information content (AvgIpc) is 2.69. The molecule has 16 heavy (non-hydrogen) atoms. The quantitative estimate of drug-likeness (QED) is 0.775. The van der Waals surface area contributed by atoms with E-state index in [1.165, 1.54) is 6.33 Å². The van der Waals surface area contributed by atoms with Gasteiger partial charge < -0.3 is 0 Å². The SMILES string of the molecule is FC(F)(F)c1cnc(-n2cn[c]n2)c(Cl)c1. The van der Waals surface area contributed by atoms with Crippen molar-refractivity contribution in [3.05, 3.63) is 35.5 Å². The molecule has 0 spiro atoms. The molecule has 83 valence electrons. The van der Waals surface area contributed by atoms with Crippen LogP contribution in [0.2, 0.25) is 5.02 Å². The molecule has 0 aliphatic carbocycles. The van der Waals surface area contributed by atoms with Gasteiger partial charge in [0.2, 0.25) is 6.33 Å². The van der Waals surface area contributed by atoms with E-state index in [0.29, 0.717) is 6.20 Å². The second kappa shape index (κ2) is 3.75. The van der Waals surface area contributed by atoms with Gasteiger partial charge in [-0.2, -0.15) is 13.2 Å². The minimum atomic E-state index is -4.47. The summed E-state index contributed by atoms with van der Waals surface area (Å²) in [5.41, 5.74) is -0.912. The molecule has 0 aliphatic rings. The third-order valence-corrected chi connectivity index (χ3v) is 2.02. The zero-order valence-electron chi connectivity index (χ0n) is 7.53. The van der Waals surface area contributed by atoms with Crippen LogP contribution in [-0.2, 0) is 6.18 Å². The number of nitrogens with zero attached hydrogens (tertiary/aromatic N) is 4. The lowest BCUT2D eigenvalue weighted by atomic mass is 10.3. The molecule has 2 heterocycles. The van der Waals surface area contributed by atoms with E-state index in [1.54, 1.807) is 0 Å². The Balaban J connectivity index is 2.46. The fraction of sp³-hybridized carbons (Fsp3) is 0.125. The highest BCUT2D eigenvalue weighted by Gasteiger charge is 2.31. The highest BCUT2D eigenvalue weighted by molar-refractivity contribution is 6.32. The molecule has 0 amide bonds. The number of halogens is 4. The van der Waals surface area contributed by atoms with Gasteiger partial charge >= 0.3 is 6.18 Å². The summed E-state index contributed by atoms with van der Waals surface area (Å²) in [6, 6.07) is 0.783. The Bertz CT molecular complexity index is 494. The first-order valence-corrected chi connectivity index (χ1v) is 4.37. The maximum atomic E-state index is 12.3. The van der Waals surface area contributed by atoms with Crippen LogP contribution in [0.15, 0.2) is 18.6 Å². The minimum Gasteiger partial charge on any atom is -0.235 e. The van der Waals surface area contributed by atoms with Crippen molar-refractivity contribution in [2.75, 3.05) is 0 Å².